The topological polar surface area (TPSA) is 84.2 Å². The first-order valence-electron chi connectivity index (χ1n) is 9.92. The third-order valence-electron chi connectivity index (χ3n) is 5.22. The fraction of sp³-hybridized carbons (Fsp3) is 0.273. The first-order chi connectivity index (χ1) is 14.3. The smallest absolute Gasteiger partial charge is 0.289 e. The Bertz CT molecular complexity index is 1170. The molecule has 0 aliphatic carbocycles. The largest absolute Gasteiger partial charge is 0.450 e. The van der Waals surface area contributed by atoms with E-state index in [1.807, 2.05) is 42.5 Å². The van der Waals surface area contributed by atoms with Crippen molar-refractivity contribution in [2.75, 3.05) is 18.0 Å². The van der Waals surface area contributed by atoms with Crippen LogP contribution >= 0.6 is 0 Å². The highest BCUT2D eigenvalue weighted by Gasteiger charge is 2.23. The number of piperidine rings is 1. The van der Waals surface area contributed by atoms with Gasteiger partial charge in [-0.2, -0.15) is 0 Å². The number of rotatable bonds is 4. The lowest BCUT2D eigenvalue weighted by Gasteiger charge is -2.27. The zero-order chi connectivity index (χ0) is 19.6. The highest BCUT2D eigenvalue weighted by molar-refractivity contribution is 6.07. The molecule has 4 aromatic rings. The summed E-state index contributed by atoms with van der Waals surface area (Å²) in [5.74, 6) is 0.538. The third-order valence-corrected chi connectivity index (χ3v) is 5.22. The van der Waals surface area contributed by atoms with Gasteiger partial charge in [-0.15, -0.1) is 0 Å². The number of nitrogens with zero attached hydrogens (tertiary/aromatic N) is 4. The summed E-state index contributed by atoms with van der Waals surface area (Å²) in [6.07, 6.45) is 5.12. The molecule has 1 saturated heterocycles. The number of para-hydroxylation sites is 1. The van der Waals surface area contributed by atoms with Crippen molar-refractivity contribution >= 4 is 33.8 Å². The Morgan fingerprint density at radius 2 is 1.86 bits per heavy atom. The lowest BCUT2D eigenvalue weighted by Crippen LogP contribution is -2.32. The predicted octanol–water partition coefficient (Wildman–Crippen LogP) is 3.69. The summed E-state index contributed by atoms with van der Waals surface area (Å²) in [4.78, 5) is 28.5. The number of carbonyl (C=O) groups excluding carboxylic acids is 1. The maximum absolute atomic E-state index is 12.8. The van der Waals surface area contributed by atoms with Crippen molar-refractivity contribution in [3.63, 3.8) is 0 Å². The molecule has 0 bridgehead atoms. The number of carbonyl (C=O) groups is 1. The first-order valence-corrected chi connectivity index (χ1v) is 9.92. The van der Waals surface area contributed by atoms with Crippen LogP contribution in [0.25, 0.3) is 22.1 Å². The molecular formula is C22H21N5O2. The zero-order valence-electron chi connectivity index (χ0n) is 16.0. The van der Waals surface area contributed by atoms with Crippen molar-refractivity contribution in [1.82, 2.24) is 20.3 Å². The van der Waals surface area contributed by atoms with Gasteiger partial charge in [-0.1, -0.05) is 18.2 Å². The van der Waals surface area contributed by atoms with E-state index in [0.717, 1.165) is 42.6 Å². The molecule has 0 radical (unpaired) electrons. The standard InChI is InChI=1S/C22H21N5O2/c28-22(24-14-15-8-4-5-11-23-15)20-25-18-16-9-2-3-10-17(16)29-19(18)21(26-20)27-12-6-1-7-13-27/h2-5,8-11H,1,6-7,12-14H2,(H,24,28). The number of benzene rings is 1. The highest BCUT2D eigenvalue weighted by atomic mass is 16.3. The van der Waals surface area contributed by atoms with Gasteiger partial charge in [-0.3, -0.25) is 9.78 Å². The molecular weight excluding hydrogens is 366 g/mol. The van der Waals surface area contributed by atoms with Crippen molar-refractivity contribution in [1.29, 1.82) is 0 Å². The van der Waals surface area contributed by atoms with Crippen molar-refractivity contribution in [3.05, 3.63) is 60.2 Å². The minimum Gasteiger partial charge on any atom is -0.450 e. The molecule has 1 aliphatic rings. The molecule has 1 N–H and O–H groups in total. The Kier molecular flexibility index (Phi) is 4.56. The van der Waals surface area contributed by atoms with Crippen molar-refractivity contribution in [2.24, 2.45) is 0 Å². The normalized spacial score (nSPS) is 14.4. The number of nitrogens with one attached hydrogen (secondary N) is 1. The molecule has 0 spiro atoms. The molecule has 29 heavy (non-hydrogen) atoms. The number of anilines is 1. The van der Waals surface area contributed by atoms with Crippen LogP contribution in [-0.4, -0.2) is 33.9 Å². The van der Waals surface area contributed by atoms with E-state index in [1.54, 1.807) is 6.20 Å². The molecule has 1 aromatic carbocycles. The number of pyridine rings is 1. The van der Waals surface area contributed by atoms with E-state index < -0.39 is 0 Å². The number of hydrogen-bond donors (Lipinski definition) is 1. The molecule has 0 saturated carbocycles. The molecule has 4 heterocycles. The predicted molar refractivity (Wildman–Crippen MR) is 111 cm³/mol. The number of amides is 1. The van der Waals surface area contributed by atoms with E-state index in [2.05, 4.69) is 25.2 Å². The zero-order valence-corrected chi connectivity index (χ0v) is 16.0. The Morgan fingerprint density at radius 1 is 1.03 bits per heavy atom. The third kappa shape index (κ3) is 3.40. The molecule has 7 heteroatoms. The molecule has 1 aliphatic heterocycles. The maximum atomic E-state index is 12.8. The van der Waals surface area contributed by atoms with Crippen molar-refractivity contribution in [3.8, 4) is 0 Å². The van der Waals surface area contributed by atoms with Crippen LogP contribution in [0, 0.1) is 0 Å². The Morgan fingerprint density at radius 3 is 2.69 bits per heavy atom. The Balaban J connectivity index is 1.55. The van der Waals surface area contributed by atoms with Crippen LogP contribution in [0.3, 0.4) is 0 Å². The summed E-state index contributed by atoms with van der Waals surface area (Å²) in [5.41, 5.74) is 2.86. The summed E-state index contributed by atoms with van der Waals surface area (Å²) >= 11 is 0. The SMILES string of the molecule is O=C(NCc1ccccn1)c1nc(N2CCCCC2)c2oc3ccccc3c2n1. The van der Waals surface area contributed by atoms with Gasteiger partial charge in [-0.25, -0.2) is 9.97 Å². The van der Waals surface area contributed by atoms with Crippen LogP contribution in [0.2, 0.25) is 0 Å². The van der Waals surface area contributed by atoms with E-state index in [1.165, 1.54) is 6.42 Å². The van der Waals surface area contributed by atoms with Gasteiger partial charge in [0.15, 0.2) is 11.4 Å². The van der Waals surface area contributed by atoms with Gasteiger partial charge in [0, 0.05) is 24.7 Å². The maximum Gasteiger partial charge on any atom is 0.289 e. The summed E-state index contributed by atoms with van der Waals surface area (Å²) in [5, 5.41) is 3.77. The second-order valence-electron chi connectivity index (χ2n) is 7.20. The lowest BCUT2D eigenvalue weighted by molar-refractivity contribution is 0.0940. The van der Waals surface area contributed by atoms with Crippen LogP contribution in [0.15, 0.2) is 53.1 Å². The van der Waals surface area contributed by atoms with Crippen LogP contribution in [0.4, 0.5) is 5.82 Å². The molecule has 7 nitrogen and oxygen atoms in total. The van der Waals surface area contributed by atoms with Crippen molar-refractivity contribution < 1.29 is 9.21 Å². The van der Waals surface area contributed by atoms with Crippen LogP contribution in [0.5, 0.6) is 0 Å². The molecule has 0 atom stereocenters. The van der Waals surface area contributed by atoms with Gasteiger partial charge in [0.1, 0.15) is 11.1 Å². The number of furan rings is 1. The summed E-state index contributed by atoms with van der Waals surface area (Å²) in [6.45, 7) is 2.13. The van der Waals surface area contributed by atoms with Crippen molar-refractivity contribution in [2.45, 2.75) is 25.8 Å². The van der Waals surface area contributed by atoms with Gasteiger partial charge >= 0.3 is 0 Å². The average Bonchev–Trinajstić information content (AvgIpc) is 3.17. The fourth-order valence-corrected chi connectivity index (χ4v) is 3.75. The van der Waals surface area contributed by atoms with E-state index in [0.29, 0.717) is 23.5 Å². The van der Waals surface area contributed by atoms with Crippen LogP contribution in [0.1, 0.15) is 35.6 Å². The van der Waals surface area contributed by atoms with Gasteiger partial charge in [0.2, 0.25) is 5.82 Å². The lowest BCUT2D eigenvalue weighted by atomic mass is 10.1. The van der Waals surface area contributed by atoms with E-state index in [9.17, 15) is 4.79 Å². The van der Waals surface area contributed by atoms with Gasteiger partial charge in [0.05, 0.1) is 12.2 Å². The summed E-state index contributed by atoms with van der Waals surface area (Å²) in [6, 6.07) is 13.4. The second kappa shape index (κ2) is 7.50. The molecule has 5 rings (SSSR count). The van der Waals surface area contributed by atoms with E-state index in [4.69, 9.17) is 4.42 Å². The van der Waals surface area contributed by atoms with Crippen LogP contribution in [-0.2, 0) is 6.54 Å². The Hall–Kier alpha value is -3.48. The molecule has 1 fully saturated rings. The Labute approximate surface area is 167 Å². The fourth-order valence-electron chi connectivity index (χ4n) is 3.75. The summed E-state index contributed by atoms with van der Waals surface area (Å²) in [7, 11) is 0. The number of fused-ring (bicyclic) bond motifs is 3. The molecule has 1 amide bonds. The number of hydrogen-bond acceptors (Lipinski definition) is 6. The quantitative estimate of drug-likeness (QED) is 0.575. The first kappa shape index (κ1) is 17.6. The van der Waals surface area contributed by atoms with Crippen LogP contribution < -0.4 is 10.2 Å². The highest BCUT2D eigenvalue weighted by Crippen LogP contribution is 2.33. The van der Waals surface area contributed by atoms with Gasteiger partial charge < -0.3 is 14.6 Å². The minimum absolute atomic E-state index is 0.153. The van der Waals surface area contributed by atoms with E-state index in [-0.39, 0.29) is 11.7 Å². The minimum atomic E-state index is -0.318. The monoisotopic (exact) mass is 387 g/mol. The second-order valence-corrected chi connectivity index (χ2v) is 7.20. The van der Waals surface area contributed by atoms with Gasteiger partial charge in [0.25, 0.3) is 5.91 Å². The summed E-state index contributed by atoms with van der Waals surface area (Å²) < 4.78 is 6.09. The van der Waals surface area contributed by atoms with Gasteiger partial charge in [-0.05, 0) is 43.5 Å². The van der Waals surface area contributed by atoms with E-state index >= 15 is 0 Å². The molecule has 0 unspecified atom stereocenters. The molecule has 146 valence electrons. The number of aromatic nitrogens is 3. The average molecular weight is 387 g/mol. The molecule has 3 aromatic heterocycles.